The van der Waals surface area contributed by atoms with Gasteiger partial charge < -0.3 is 15.1 Å². The zero-order valence-electron chi connectivity index (χ0n) is 13.7. The summed E-state index contributed by atoms with van der Waals surface area (Å²) in [4.78, 5) is 28.1. The SMILES string of the molecule is C[C@@H]1C(=O)N(c2ccc(Cl)cc2Cl)CCN1C(=O)NC(C)(C)C. The maximum absolute atomic E-state index is 12.7. The number of nitrogens with zero attached hydrogens (tertiary/aromatic N) is 2. The number of carbonyl (C=O) groups excluding carboxylic acids is 2. The number of hydrogen-bond donors (Lipinski definition) is 1. The van der Waals surface area contributed by atoms with Gasteiger partial charge in [0.1, 0.15) is 6.04 Å². The Morgan fingerprint density at radius 2 is 1.91 bits per heavy atom. The van der Waals surface area contributed by atoms with Crippen LogP contribution in [0.2, 0.25) is 10.0 Å². The first-order chi connectivity index (χ1) is 10.6. The molecule has 0 aliphatic carbocycles. The summed E-state index contributed by atoms with van der Waals surface area (Å²) in [7, 11) is 0. The number of piperazine rings is 1. The third-order valence-electron chi connectivity index (χ3n) is 3.60. The second-order valence-corrected chi connectivity index (χ2v) is 7.48. The first kappa shape index (κ1) is 17.9. The summed E-state index contributed by atoms with van der Waals surface area (Å²) in [5.41, 5.74) is 0.264. The molecular formula is C16H21Cl2N3O2. The molecule has 0 aromatic heterocycles. The number of carbonyl (C=O) groups is 2. The molecule has 1 fully saturated rings. The number of urea groups is 1. The Labute approximate surface area is 146 Å². The Hall–Kier alpha value is -1.46. The zero-order chi connectivity index (χ0) is 17.4. The molecule has 0 spiro atoms. The molecule has 1 saturated heterocycles. The molecule has 1 atom stereocenters. The van der Waals surface area contributed by atoms with Crippen molar-refractivity contribution in [2.45, 2.75) is 39.3 Å². The minimum Gasteiger partial charge on any atom is -0.333 e. The largest absolute Gasteiger partial charge is 0.333 e. The van der Waals surface area contributed by atoms with Gasteiger partial charge in [-0.2, -0.15) is 0 Å². The number of nitrogens with one attached hydrogen (secondary N) is 1. The predicted molar refractivity (Wildman–Crippen MR) is 93.3 cm³/mol. The number of halogens is 2. The van der Waals surface area contributed by atoms with Crippen LogP contribution >= 0.6 is 23.2 Å². The smallest absolute Gasteiger partial charge is 0.318 e. The van der Waals surface area contributed by atoms with Crippen molar-refractivity contribution >= 4 is 40.8 Å². The van der Waals surface area contributed by atoms with Crippen molar-refractivity contribution < 1.29 is 9.59 Å². The van der Waals surface area contributed by atoms with Crippen LogP contribution in [-0.4, -0.2) is 41.5 Å². The summed E-state index contributed by atoms with van der Waals surface area (Å²) in [6.45, 7) is 8.26. The first-order valence-corrected chi connectivity index (χ1v) is 8.21. The van der Waals surface area contributed by atoms with Crippen LogP contribution in [0.3, 0.4) is 0 Å². The number of hydrogen-bond acceptors (Lipinski definition) is 2. The molecule has 0 radical (unpaired) electrons. The van der Waals surface area contributed by atoms with E-state index in [1.54, 1.807) is 34.9 Å². The van der Waals surface area contributed by atoms with Crippen LogP contribution in [0, 0.1) is 0 Å². The highest BCUT2D eigenvalue weighted by Gasteiger charge is 2.36. The average molecular weight is 358 g/mol. The van der Waals surface area contributed by atoms with Crippen molar-refractivity contribution in [3.8, 4) is 0 Å². The van der Waals surface area contributed by atoms with Gasteiger partial charge >= 0.3 is 6.03 Å². The molecule has 0 bridgehead atoms. The summed E-state index contributed by atoms with van der Waals surface area (Å²) in [6.07, 6.45) is 0. The van der Waals surface area contributed by atoms with Crippen LogP contribution in [0.15, 0.2) is 18.2 Å². The molecule has 0 unspecified atom stereocenters. The van der Waals surface area contributed by atoms with E-state index >= 15 is 0 Å². The maximum atomic E-state index is 12.7. The van der Waals surface area contributed by atoms with Crippen LogP contribution in [0.1, 0.15) is 27.7 Å². The van der Waals surface area contributed by atoms with Gasteiger partial charge in [0.05, 0.1) is 10.7 Å². The highest BCUT2D eigenvalue weighted by Crippen LogP contribution is 2.30. The van der Waals surface area contributed by atoms with E-state index in [-0.39, 0.29) is 17.5 Å². The number of amides is 3. The third kappa shape index (κ3) is 4.09. The molecule has 1 N–H and O–H groups in total. The average Bonchev–Trinajstić information content (AvgIpc) is 2.40. The van der Waals surface area contributed by atoms with E-state index in [1.165, 1.54) is 0 Å². The van der Waals surface area contributed by atoms with Crippen LogP contribution in [0.5, 0.6) is 0 Å². The normalized spacial score (nSPS) is 19.0. The summed E-state index contributed by atoms with van der Waals surface area (Å²) in [5.74, 6) is -0.162. The van der Waals surface area contributed by atoms with E-state index in [4.69, 9.17) is 23.2 Å². The Morgan fingerprint density at radius 1 is 1.26 bits per heavy atom. The van der Waals surface area contributed by atoms with Gasteiger partial charge in [0.15, 0.2) is 0 Å². The van der Waals surface area contributed by atoms with Crippen molar-refractivity contribution in [3.05, 3.63) is 28.2 Å². The minimum absolute atomic E-state index is 0.162. The third-order valence-corrected chi connectivity index (χ3v) is 4.14. The van der Waals surface area contributed by atoms with Gasteiger partial charge in [0.2, 0.25) is 5.91 Å². The van der Waals surface area contributed by atoms with Gasteiger partial charge in [-0.15, -0.1) is 0 Å². The van der Waals surface area contributed by atoms with E-state index in [2.05, 4.69) is 5.32 Å². The van der Waals surface area contributed by atoms with E-state index < -0.39 is 6.04 Å². The topological polar surface area (TPSA) is 52.7 Å². The zero-order valence-corrected chi connectivity index (χ0v) is 15.2. The Balaban J connectivity index is 2.17. The highest BCUT2D eigenvalue weighted by molar-refractivity contribution is 6.36. The van der Waals surface area contributed by atoms with E-state index in [0.29, 0.717) is 28.8 Å². The van der Waals surface area contributed by atoms with Crippen molar-refractivity contribution in [2.75, 3.05) is 18.0 Å². The van der Waals surface area contributed by atoms with Crippen LogP contribution in [0.25, 0.3) is 0 Å². The van der Waals surface area contributed by atoms with E-state index in [9.17, 15) is 9.59 Å². The van der Waals surface area contributed by atoms with E-state index in [0.717, 1.165) is 0 Å². The van der Waals surface area contributed by atoms with Gasteiger partial charge in [0.25, 0.3) is 0 Å². The van der Waals surface area contributed by atoms with Gasteiger partial charge in [-0.1, -0.05) is 23.2 Å². The monoisotopic (exact) mass is 357 g/mol. The molecule has 3 amide bonds. The Morgan fingerprint density at radius 3 is 2.48 bits per heavy atom. The van der Waals surface area contributed by atoms with Crippen molar-refractivity contribution in [3.63, 3.8) is 0 Å². The lowest BCUT2D eigenvalue weighted by Gasteiger charge is -2.40. The van der Waals surface area contributed by atoms with Crippen molar-refractivity contribution in [2.24, 2.45) is 0 Å². The quantitative estimate of drug-likeness (QED) is 0.835. The molecule has 1 aliphatic rings. The second-order valence-electron chi connectivity index (χ2n) is 6.64. The fraction of sp³-hybridized carbons (Fsp3) is 0.500. The molecule has 1 aliphatic heterocycles. The van der Waals surface area contributed by atoms with Gasteiger partial charge in [-0.3, -0.25) is 4.79 Å². The summed E-state index contributed by atoms with van der Waals surface area (Å²) >= 11 is 12.1. The molecule has 2 rings (SSSR count). The predicted octanol–water partition coefficient (Wildman–Crippen LogP) is 3.54. The molecule has 1 aromatic carbocycles. The summed E-state index contributed by atoms with van der Waals surface area (Å²) in [6, 6.07) is 4.23. The second kappa shape index (κ2) is 6.57. The molecule has 23 heavy (non-hydrogen) atoms. The summed E-state index contributed by atoms with van der Waals surface area (Å²) < 4.78 is 0. The Bertz CT molecular complexity index is 628. The molecule has 126 valence electrons. The number of anilines is 1. The van der Waals surface area contributed by atoms with Gasteiger partial charge in [0, 0.05) is 23.7 Å². The van der Waals surface area contributed by atoms with Gasteiger partial charge in [-0.05, 0) is 45.9 Å². The molecule has 0 saturated carbocycles. The maximum Gasteiger partial charge on any atom is 0.318 e. The molecular weight excluding hydrogens is 337 g/mol. The lowest BCUT2D eigenvalue weighted by Crippen LogP contribution is -2.61. The molecule has 1 aromatic rings. The lowest BCUT2D eigenvalue weighted by molar-refractivity contribution is -0.124. The Kier molecular flexibility index (Phi) is 5.11. The summed E-state index contributed by atoms with van der Waals surface area (Å²) in [5, 5.41) is 3.82. The molecule has 7 heteroatoms. The minimum atomic E-state index is -0.558. The fourth-order valence-corrected chi connectivity index (χ4v) is 2.99. The van der Waals surface area contributed by atoms with Crippen LogP contribution < -0.4 is 10.2 Å². The van der Waals surface area contributed by atoms with Crippen molar-refractivity contribution in [1.82, 2.24) is 10.2 Å². The van der Waals surface area contributed by atoms with Crippen LogP contribution in [-0.2, 0) is 4.79 Å². The fourth-order valence-electron chi connectivity index (χ4n) is 2.48. The first-order valence-electron chi connectivity index (χ1n) is 7.45. The number of benzene rings is 1. The standard InChI is InChI=1S/C16H21Cl2N3O2/c1-10-14(22)21(13-6-5-11(17)9-12(13)18)8-7-20(10)15(23)19-16(2,3)4/h5-6,9-10H,7-8H2,1-4H3,(H,19,23)/t10-/m1/s1. The van der Waals surface area contributed by atoms with Crippen molar-refractivity contribution in [1.29, 1.82) is 0 Å². The number of rotatable bonds is 1. The molecule has 1 heterocycles. The van der Waals surface area contributed by atoms with Gasteiger partial charge in [-0.25, -0.2) is 4.79 Å². The highest BCUT2D eigenvalue weighted by atomic mass is 35.5. The van der Waals surface area contributed by atoms with E-state index in [1.807, 2.05) is 20.8 Å². The molecule has 5 nitrogen and oxygen atoms in total. The van der Waals surface area contributed by atoms with Crippen LogP contribution in [0.4, 0.5) is 10.5 Å². The lowest BCUT2D eigenvalue weighted by atomic mass is 10.1.